The minimum atomic E-state index is 0.0948. The Hall–Kier alpha value is -1.77. The highest BCUT2D eigenvalue weighted by Crippen LogP contribution is 2.13. The first kappa shape index (κ1) is 23.3. The molecule has 0 atom stereocenters. The highest BCUT2D eigenvalue weighted by atomic mass is 16.1. The smallest absolute Gasteiger partial charge is 0.224 e. The molecule has 3 N–H and O–H groups in total. The number of nitrogens with two attached hydrogens (primary N) is 1. The van der Waals surface area contributed by atoms with Crippen molar-refractivity contribution in [1.82, 2.24) is 0 Å². The van der Waals surface area contributed by atoms with Crippen LogP contribution in [0.3, 0.4) is 0 Å². The van der Waals surface area contributed by atoms with Crippen LogP contribution in [-0.2, 0) is 4.79 Å². The van der Waals surface area contributed by atoms with Crippen LogP contribution in [0.15, 0.2) is 36.4 Å². The molecule has 1 rings (SSSR count). The van der Waals surface area contributed by atoms with Gasteiger partial charge in [0.25, 0.3) is 0 Å². The average Bonchev–Trinajstić information content (AvgIpc) is 2.66. The summed E-state index contributed by atoms with van der Waals surface area (Å²) in [6.07, 6.45) is 21.9. The van der Waals surface area contributed by atoms with Gasteiger partial charge in [0.1, 0.15) is 0 Å². The van der Waals surface area contributed by atoms with Crippen LogP contribution in [0, 0.1) is 0 Å². The van der Waals surface area contributed by atoms with Crippen LogP contribution in [0.4, 0.5) is 11.4 Å². The number of carbonyl (C=O) groups is 1. The molecule has 0 aromatic heterocycles. The van der Waals surface area contributed by atoms with Crippen molar-refractivity contribution in [2.24, 2.45) is 0 Å². The van der Waals surface area contributed by atoms with Gasteiger partial charge < -0.3 is 11.1 Å². The zero-order chi connectivity index (χ0) is 19.6. The molecule has 152 valence electrons. The van der Waals surface area contributed by atoms with Crippen LogP contribution in [0.5, 0.6) is 0 Å². The van der Waals surface area contributed by atoms with Crippen LogP contribution in [0.1, 0.15) is 96.8 Å². The lowest BCUT2D eigenvalue weighted by atomic mass is 10.1. The second-order valence-corrected chi connectivity index (χ2v) is 7.50. The predicted molar refractivity (Wildman–Crippen MR) is 119 cm³/mol. The summed E-state index contributed by atoms with van der Waals surface area (Å²) < 4.78 is 0. The van der Waals surface area contributed by atoms with E-state index in [1.165, 1.54) is 70.6 Å². The normalized spacial score (nSPS) is 11.1. The fourth-order valence-electron chi connectivity index (χ4n) is 3.15. The maximum Gasteiger partial charge on any atom is 0.224 e. The summed E-state index contributed by atoms with van der Waals surface area (Å²) in [6.45, 7) is 2.27. The Balaban J connectivity index is 1.86. The van der Waals surface area contributed by atoms with E-state index in [1.807, 2.05) is 12.1 Å². The van der Waals surface area contributed by atoms with Crippen molar-refractivity contribution in [3.8, 4) is 0 Å². The highest BCUT2D eigenvalue weighted by molar-refractivity contribution is 5.90. The van der Waals surface area contributed by atoms with Gasteiger partial charge in [-0.25, -0.2) is 0 Å². The molecule has 3 heteroatoms. The molecule has 0 aliphatic carbocycles. The third kappa shape index (κ3) is 14.0. The van der Waals surface area contributed by atoms with Gasteiger partial charge in [-0.05, 0) is 56.4 Å². The Kier molecular flexibility index (Phi) is 14.1. The molecule has 0 aliphatic rings. The van der Waals surface area contributed by atoms with Gasteiger partial charge in [-0.3, -0.25) is 4.79 Å². The van der Waals surface area contributed by atoms with Crippen molar-refractivity contribution in [2.75, 3.05) is 11.1 Å². The molecule has 1 amide bonds. The van der Waals surface area contributed by atoms with Crippen molar-refractivity contribution >= 4 is 17.3 Å². The number of allylic oxidation sites excluding steroid dienone is 2. The first-order valence-corrected chi connectivity index (χ1v) is 11.0. The molecular formula is C24H40N2O. The number of amides is 1. The van der Waals surface area contributed by atoms with Gasteiger partial charge >= 0.3 is 0 Å². The number of anilines is 2. The topological polar surface area (TPSA) is 55.1 Å². The zero-order valence-electron chi connectivity index (χ0n) is 17.3. The minimum Gasteiger partial charge on any atom is -0.399 e. The van der Waals surface area contributed by atoms with E-state index >= 15 is 0 Å². The van der Waals surface area contributed by atoms with E-state index in [2.05, 4.69) is 24.4 Å². The summed E-state index contributed by atoms with van der Waals surface area (Å²) in [4.78, 5) is 11.9. The summed E-state index contributed by atoms with van der Waals surface area (Å²) >= 11 is 0. The van der Waals surface area contributed by atoms with Crippen LogP contribution < -0.4 is 11.1 Å². The first-order chi connectivity index (χ1) is 13.2. The number of benzene rings is 1. The molecule has 0 bridgehead atoms. The monoisotopic (exact) mass is 372 g/mol. The van der Waals surface area contributed by atoms with Crippen LogP contribution in [-0.4, -0.2) is 5.91 Å². The van der Waals surface area contributed by atoms with E-state index in [9.17, 15) is 4.79 Å². The molecule has 0 fully saturated rings. The highest BCUT2D eigenvalue weighted by Gasteiger charge is 2.02. The van der Waals surface area contributed by atoms with Gasteiger partial charge in [-0.15, -0.1) is 0 Å². The van der Waals surface area contributed by atoms with Gasteiger partial charge in [0.05, 0.1) is 0 Å². The lowest BCUT2D eigenvalue weighted by molar-refractivity contribution is -0.116. The lowest BCUT2D eigenvalue weighted by Gasteiger charge is -2.05. The largest absolute Gasteiger partial charge is 0.399 e. The molecule has 0 saturated heterocycles. The van der Waals surface area contributed by atoms with E-state index < -0.39 is 0 Å². The lowest BCUT2D eigenvalue weighted by Crippen LogP contribution is -2.10. The Bertz CT molecular complexity index is 508. The Morgan fingerprint density at radius 2 is 1.33 bits per heavy atom. The van der Waals surface area contributed by atoms with Gasteiger partial charge in [0.2, 0.25) is 5.91 Å². The molecule has 3 nitrogen and oxygen atoms in total. The van der Waals surface area contributed by atoms with E-state index in [4.69, 9.17) is 5.73 Å². The van der Waals surface area contributed by atoms with Crippen molar-refractivity contribution in [3.63, 3.8) is 0 Å². The first-order valence-electron chi connectivity index (χ1n) is 11.0. The number of rotatable bonds is 16. The summed E-state index contributed by atoms with van der Waals surface area (Å²) in [6, 6.07) is 7.29. The molecular weight excluding hydrogens is 332 g/mol. The predicted octanol–water partition coefficient (Wildman–Crippen LogP) is 7.24. The number of nitrogens with one attached hydrogen (secondary N) is 1. The molecule has 0 aliphatic heterocycles. The van der Waals surface area contributed by atoms with Gasteiger partial charge in [-0.2, -0.15) is 0 Å². The van der Waals surface area contributed by atoms with E-state index in [1.54, 1.807) is 12.1 Å². The second kappa shape index (κ2) is 16.4. The quantitative estimate of drug-likeness (QED) is 0.182. The van der Waals surface area contributed by atoms with Crippen LogP contribution >= 0.6 is 0 Å². The summed E-state index contributed by atoms with van der Waals surface area (Å²) in [7, 11) is 0. The summed E-state index contributed by atoms with van der Waals surface area (Å²) in [5.74, 6) is 0.0948. The average molecular weight is 373 g/mol. The number of hydrogen-bond donors (Lipinski definition) is 2. The van der Waals surface area contributed by atoms with Gasteiger partial charge in [0, 0.05) is 17.8 Å². The summed E-state index contributed by atoms with van der Waals surface area (Å²) in [5.41, 5.74) is 7.17. The Labute approximate surface area is 166 Å². The SMILES string of the molecule is CCCCCCCC/C=C\CCCCCCCC(=O)Nc1ccc(N)cc1. The molecule has 0 unspecified atom stereocenters. The van der Waals surface area contributed by atoms with Crippen LogP contribution in [0.2, 0.25) is 0 Å². The van der Waals surface area contributed by atoms with Crippen molar-refractivity contribution in [1.29, 1.82) is 0 Å². The maximum atomic E-state index is 11.9. The fraction of sp³-hybridized carbons (Fsp3) is 0.625. The molecule has 1 aromatic rings. The number of carbonyl (C=O) groups excluding carboxylic acids is 1. The maximum absolute atomic E-state index is 11.9. The molecule has 1 aromatic carbocycles. The van der Waals surface area contributed by atoms with E-state index in [-0.39, 0.29) is 5.91 Å². The minimum absolute atomic E-state index is 0.0948. The number of hydrogen-bond acceptors (Lipinski definition) is 2. The zero-order valence-corrected chi connectivity index (χ0v) is 17.3. The van der Waals surface area contributed by atoms with Gasteiger partial charge in [-0.1, -0.05) is 70.4 Å². The van der Waals surface area contributed by atoms with E-state index in [0.717, 1.165) is 18.5 Å². The summed E-state index contributed by atoms with van der Waals surface area (Å²) in [5, 5.41) is 2.92. The van der Waals surface area contributed by atoms with Gasteiger partial charge in [0.15, 0.2) is 0 Å². The molecule has 27 heavy (non-hydrogen) atoms. The third-order valence-corrected chi connectivity index (χ3v) is 4.86. The molecule has 0 radical (unpaired) electrons. The fourth-order valence-corrected chi connectivity index (χ4v) is 3.15. The van der Waals surface area contributed by atoms with Crippen molar-refractivity contribution in [3.05, 3.63) is 36.4 Å². The van der Waals surface area contributed by atoms with Crippen molar-refractivity contribution in [2.45, 2.75) is 96.8 Å². The Morgan fingerprint density at radius 1 is 0.815 bits per heavy atom. The number of unbranched alkanes of at least 4 members (excludes halogenated alkanes) is 11. The Morgan fingerprint density at radius 3 is 1.93 bits per heavy atom. The number of nitrogen functional groups attached to an aromatic ring is 1. The molecule has 0 saturated carbocycles. The standard InChI is InChI=1S/C24H40N2O/c1-2-3-4-5-6-7-8-9-10-11-12-13-14-15-16-17-24(27)26-23-20-18-22(25)19-21-23/h9-10,18-21H,2-8,11-17,25H2,1H3,(H,26,27)/b10-9-. The van der Waals surface area contributed by atoms with Crippen LogP contribution in [0.25, 0.3) is 0 Å². The van der Waals surface area contributed by atoms with E-state index in [0.29, 0.717) is 12.1 Å². The second-order valence-electron chi connectivity index (χ2n) is 7.50. The molecule has 0 heterocycles. The van der Waals surface area contributed by atoms with Crippen molar-refractivity contribution < 1.29 is 4.79 Å². The third-order valence-electron chi connectivity index (χ3n) is 4.86. The molecule has 0 spiro atoms.